The summed E-state index contributed by atoms with van der Waals surface area (Å²) in [5, 5.41) is 0. The molecule has 3 nitrogen and oxygen atoms in total. The molecule has 0 spiro atoms. The molecule has 0 radical (unpaired) electrons. The monoisotopic (exact) mass is 274 g/mol. The van der Waals surface area contributed by atoms with Crippen LogP contribution in [0.3, 0.4) is 0 Å². The topological polar surface area (TPSA) is 27.7 Å². The van der Waals surface area contributed by atoms with Crippen LogP contribution in [0.1, 0.15) is 47.0 Å². The second-order valence-electron chi connectivity index (χ2n) is 6.83. The van der Waals surface area contributed by atoms with Gasteiger partial charge in [-0.1, -0.05) is 12.1 Å². The fourth-order valence-electron chi connectivity index (χ4n) is 2.39. The maximum atomic E-state index is 6.07. The average Bonchev–Trinajstić information content (AvgIpc) is 2.54. The molecule has 108 valence electrons. The highest BCUT2D eigenvalue weighted by Crippen LogP contribution is 2.36. The standard InChI is InChI=1S/C16H23BO3/c1-15(2)16(3,4)20-17(19-15)12-7-5-10-14(11-12)18-13-8-6-9-13/h5,7,10-11,13H,6,8-9H2,1-4H3. The predicted octanol–water partition coefficient (Wildman–Crippen LogP) is 2.92. The van der Waals surface area contributed by atoms with Crippen LogP contribution in [0, 0.1) is 0 Å². The highest BCUT2D eigenvalue weighted by Gasteiger charge is 2.51. The molecule has 1 aromatic rings. The van der Waals surface area contributed by atoms with Crippen molar-refractivity contribution in [3.8, 4) is 5.75 Å². The van der Waals surface area contributed by atoms with Gasteiger partial charge in [-0.3, -0.25) is 0 Å². The molecule has 0 aromatic heterocycles. The van der Waals surface area contributed by atoms with Crippen molar-refractivity contribution in [3.05, 3.63) is 24.3 Å². The zero-order valence-corrected chi connectivity index (χ0v) is 12.8. The lowest BCUT2D eigenvalue weighted by molar-refractivity contribution is 0.00578. The number of hydrogen-bond acceptors (Lipinski definition) is 3. The molecule has 1 aromatic carbocycles. The molecule has 20 heavy (non-hydrogen) atoms. The highest BCUT2D eigenvalue weighted by molar-refractivity contribution is 6.62. The van der Waals surface area contributed by atoms with E-state index in [9.17, 15) is 0 Å². The summed E-state index contributed by atoms with van der Waals surface area (Å²) in [5.74, 6) is 0.918. The van der Waals surface area contributed by atoms with E-state index < -0.39 is 0 Å². The van der Waals surface area contributed by atoms with Gasteiger partial charge in [-0.15, -0.1) is 0 Å². The highest BCUT2D eigenvalue weighted by atomic mass is 16.7. The molecule has 2 aliphatic rings. The molecule has 0 bridgehead atoms. The van der Waals surface area contributed by atoms with E-state index >= 15 is 0 Å². The van der Waals surface area contributed by atoms with Gasteiger partial charge in [0.1, 0.15) is 5.75 Å². The van der Waals surface area contributed by atoms with Crippen LogP contribution in [0.2, 0.25) is 0 Å². The number of benzene rings is 1. The zero-order chi connectivity index (χ0) is 14.4. The van der Waals surface area contributed by atoms with Crippen molar-refractivity contribution in [2.24, 2.45) is 0 Å². The lowest BCUT2D eigenvalue weighted by Crippen LogP contribution is -2.41. The minimum atomic E-state index is -0.315. The van der Waals surface area contributed by atoms with Crippen molar-refractivity contribution in [2.75, 3.05) is 0 Å². The second-order valence-corrected chi connectivity index (χ2v) is 6.83. The molecule has 1 saturated heterocycles. The normalized spacial score (nSPS) is 24.5. The Morgan fingerprint density at radius 1 is 1.10 bits per heavy atom. The van der Waals surface area contributed by atoms with Crippen LogP contribution in [0.4, 0.5) is 0 Å². The first-order chi connectivity index (χ1) is 9.37. The fraction of sp³-hybridized carbons (Fsp3) is 0.625. The molecular formula is C16H23BO3. The molecule has 1 aliphatic heterocycles. The molecule has 0 N–H and O–H groups in total. The first-order valence-electron chi connectivity index (χ1n) is 7.50. The van der Waals surface area contributed by atoms with Crippen molar-refractivity contribution in [1.82, 2.24) is 0 Å². The van der Waals surface area contributed by atoms with E-state index in [1.807, 2.05) is 24.3 Å². The molecule has 1 heterocycles. The van der Waals surface area contributed by atoms with Gasteiger partial charge in [-0.25, -0.2) is 0 Å². The molecule has 3 rings (SSSR count). The van der Waals surface area contributed by atoms with Crippen LogP contribution in [-0.4, -0.2) is 24.4 Å². The van der Waals surface area contributed by atoms with Crippen LogP contribution in [0.25, 0.3) is 0 Å². The van der Waals surface area contributed by atoms with E-state index in [0.717, 1.165) is 11.2 Å². The van der Waals surface area contributed by atoms with Crippen LogP contribution in [0.15, 0.2) is 24.3 Å². The van der Waals surface area contributed by atoms with E-state index in [2.05, 4.69) is 27.7 Å². The predicted molar refractivity (Wildman–Crippen MR) is 80.4 cm³/mol. The molecule has 0 amide bonds. The van der Waals surface area contributed by atoms with Gasteiger partial charge in [-0.2, -0.15) is 0 Å². The third-order valence-corrected chi connectivity index (χ3v) is 4.74. The quantitative estimate of drug-likeness (QED) is 0.793. The smallest absolute Gasteiger partial charge is 0.490 e. The Labute approximate surface area is 121 Å². The summed E-state index contributed by atoms with van der Waals surface area (Å²) in [7, 11) is -0.315. The van der Waals surface area contributed by atoms with Crippen LogP contribution < -0.4 is 10.2 Å². The second kappa shape index (κ2) is 4.78. The van der Waals surface area contributed by atoms with Gasteiger partial charge in [0.2, 0.25) is 0 Å². The molecule has 0 unspecified atom stereocenters. The molecule has 1 aliphatic carbocycles. The Kier molecular flexibility index (Phi) is 3.34. The van der Waals surface area contributed by atoms with Crippen molar-refractivity contribution in [2.45, 2.75) is 64.3 Å². The van der Waals surface area contributed by atoms with Crippen LogP contribution in [0.5, 0.6) is 5.75 Å². The van der Waals surface area contributed by atoms with Crippen molar-refractivity contribution < 1.29 is 14.0 Å². The van der Waals surface area contributed by atoms with E-state index in [-0.39, 0.29) is 18.3 Å². The van der Waals surface area contributed by atoms with Crippen molar-refractivity contribution >= 4 is 12.6 Å². The molecule has 2 fully saturated rings. The van der Waals surface area contributed by atoms with Gasteiger partial charge in [0.25, 0.3) is 0 Å². The van der Waals surface area contributed by atoms with Gasteiger partial charge in [0, 0.05) is 0 Å². The van der Waals surface area contributed by atoms with Crippen LogP contribution in [-0.2, 0) is 9.31 Å². The summed E-state index contributed by atoms with van der Waals surface area (Å²) in [6, 6.07) is 8.09. The molecular weight excluding hydrogens is 251 g/mol. The van der Waals surface area contributed by atoms with Gasteiger partial charge < -0.3 is 14.0 Å². The Balaban J connectivity index is 1.76. The fourth-order valence-corrected chi connectivity index (χ4v) is 2.39. The van der Waals surface area contributed by atoms with E-state index in [1.54, 1.807) is 0 Å². The molecule has 4 heteroatoms. The Morgan fingerprint density at radius 3 is 2.30 bits per heavy atom. The maximum absolute atomic E-state index is 6.07. The minimum Gasteiger partial charge on any atom is -0.490 e. The summed E-state index contributed by atoms with van der Waals surface area (Å²) in [5.41, 5.74) is 0.422. The summed E-state index contributed by atoms with van der Waals surface area (Å²) >= 11 is 0. The molecule has 1 saturated carbocycles. The Bertz CT molecular complexity index is 478. The summed E-state index contributed by atoms with van der Waals surface area (Å²) in [6.07, 6.45) is 4.01. The zero-order valence-electron chi connectivity index (χ0n) is 12.8. The first-order valence-corrected chi connectivity index (χ1v) is 7.50. The first kappa shape index (κ1) is 14.0. The summed E-state index contributed by atoms with van der Waals surface area (Å²) in [6.45, 7) is 8.28. The summed E-state index contributed by atoms with van der Waals surface area (Å²) in [4.78, 5) is 0. The Morgan fingerprint density at radius 2 is 1.75 bits per heavy atom. The lowest BCUT2D eigenvalue weighted by Gasteiger charge is -2.32. The van der Waals surface area contributed by atoms with E-state index in [1.165, 1.54) is 19.3 Å². The Hall–Kier alpha value is -0.995. The van der Waals surface area contributed by atoms with Crippen LogP contribution >= 0.6 is 0 Å². The minimum absolute atomic E-state index is 0.303. The van der Waals surface area contributed by atoms with Crippen molar-refractivity contribution in [1.29, 1.82) is 0 Å². The third-order valence-electron chi connectivity index (χ3n) is 4.74. The van der Waals surface area contributed by atoms with Gasteiger partial charge in [0.15, 0.2) is 0 Å². The molecule has 0 atom stereocenters. The summed E-state index contributed by atoms with van der Waals surface area (Å²) < 4.78 is 18.1. The largest absolute Gasteiger partial charge is 0.494 e. The number of hydrogen-bond donors (Lipinski definition) is 0. The van der Waals surface area contributed by atoms with Gasteiger partial charge in [-0.05, 0) is 64.6 Å². The number of rotatable bonds is 3. The number of ether oxygens (including phenoxy) is 1. The van der Waals surface area contributed by atoms with Gasteiger partial charge >= 0.3 is 7.12 Å². The van der Waals surface area contributed by atoms with E-state index in [4.69, 9.17) is 14.0 Å². The SMILES string of the molecule is CC1(C)OB(c2cccc(OC3CCC3)c2)OC1(C)C. The lowest BCUT2D eigenvalue weighted by atomic mass is 9.79. The van der Waals surface area contributed by atoms with Gasteiger partial charge in [0.05, 0.1) is 17.3 Å². The van der Waals surface area contributed by atoms with Crippen molar-refractivity contribution in [3.63, 3.8) is 0 Å². The third kappa shape index (κ3) is 2.47. The van der Waals surface area contributed by atoms with E-state index in [0.29, 0.717) is 6.10 Å². The maximum Gasteiger partial charge on any atom is 0.494 e. The average molecular weight is 274 g/mol.